The van der Waals surface area contributed by atoms with E-state index in [1.54, 1.807) is 0 Å². The Balaban J connectivity index is 1.26. The zero-order valence-electron chi connectivity index (χ0n) is 18.4. The summed E-state index contributed by atoms with van der Waals surface area (Å²) in [6.07, 6.45) is 4.59. The van der Waals surface area contributed by atoms with Crippen LogP contribution in [-0.2, 0) is 16.0 Å². The molecule has 5 rings (SSSR count). The largest absolute Gasteiger partial charge is 0.368 e. The first-order valence-electron chi connectivity index (χ1n) is 11.8. The first kappa shape index (κ1) is 21.3. The maximum Gasteiger partial charge on any atom is 0.230 e. The van der Waals surface area contributed by atoms with E-state index in [-0.39, 0.29) is 23.7 Å². The van der Waals surface area contributed by atoms with Crippen LogP contribution >= 0.6 is 11.6 Å². The van der Waals surface area contributed by atoms with Crippen LogP contribution in [0.15, 0.2) is 48.5 Å². The number of hydrogen-bond acceptors (Lipinski definition) is 3. The quantitative estimate of drug-likeness (QED) is 0.695. The van der Waals surface area contributed by atoms with Crippen LogP contribution in [0, 0.1) is 11.8 Å². The third kappa shape index (κ3) is 4.11. The highest BCUT2D eigenvalue weighted by Gasteiger charge is 2.41. The number of para-hydroxylation sites is 1. The average Bonchev–Trinajstić information content (AvgIpc) is 3.27. The van der Waals surface area contributed by atoms with Crippen LogP contribution in [0.4, 0.5) is 11.4 Å². The average molecular weight is 452 g/mol. The second kappa shape index (κ2) is 9.14. The number of hydrogen-bond donors (Lipinski definition) is 0. The van der Waals surface area contributed by atoms with Gasteiger partial charge in [-0.25, -0.2) is 0 Å². The van der Waals surface area contributed by atoms with Crippen molar-refractivity contribution in [2.75, 3.05) is 42.5 Å². The summed E-state index contributed by atoms with van der Waals surface area (Å²) in [4.78, 5) is 33.3. The van der Waals surface area contributed by atoms with Crippen molar-refractivity contribution in [1.82, 2.24) is 4.90 Å². The van der Waals surface area contributed by atoms with E-state index in [9.17, 15) is 9.59 Å². The molecule has 2 amide bonds. The number of rotatable bonds is 3. The smallest absolute Gasteiger partial charge is 0.230 e. The lowest BCUT2D eigenvalue weighted by molar-refractivity contribution is -0.143. The molecular weight excluding hydrogens is 422 g/mol. The topological polar surface area (TPSA) is 43.9 Å². The van der Waals surface area contributed by atoms with Crippen LogP contribution in [0.1, 0.15) is 31.2 Å². The molecule has 2 aromatic carbocycles. The van der Waals surface area contributed by atoms with Crippen molar-refractivity contribution >= 4 is 34.8 Å². The molecule has 0 unspecified atom stereocenters. The second-order valence-electron chi connectivity index (χ2n) is 9.16. The van der Waals surface area contributed by atoms with Crippen molar-refractivity contribution in [2.45, 2.75) is 32.1 Å². The van der Waals surface area contributed by atoms with Crippen LogP contribution in [-0.4, -0.2) is 49.4 Å². The van der Waals surface area contributed by atoms with E-state index in [1.165, 1.54) is 5.56 Å². The van der Waals surface area contributed by atoms with Crippen molar-refractivity contribution in [3.8, 4) is 0 Å². The Bertz CT molecular complexity index is 1000. The summed E-state index contributed by atoms with van der Waals surface area (Å²) in [6, 6.07) is 16.0. The zero-order valence-corrected chi connectivity index (χ0v) is 19.1. The van der Waals surface area contributed by atoms with Crippen molar-refractivity contribution in [2.24, 2.45) is 11.8 Å². The Labute approximate surface area is 194 Å². The number of piperazine rings is 1. The van der Waals surface area contributed by atoms with Crippen molar-refractivity contribution in [3.63, 3.8) is 0 Å². The normalized spacial score (nSPS) is 23.2. The van der Waals surface area contributed by atoms with E-state index in [2.05, 4.69) is 17.0 Å². The highest BCUT2D eigenvalue weighted by atomic mass is 35.5. The highest BCUT2D eigenvalue weighted by molar-refractivity contribution is 6.30. The van der Waals surface area contributed by atoms with Crippen LogP contribution in [0.5, 0.6) is 0 Å². The Morgan fingerprint density at radius 3 is 2.28 bits per heavy atom. The summed E-state index contributed by atoms with van der Waals surface area (Å²) in [6.45, 7) is 3.69. The van der Waals surface area contributed by atoms with Crippen LogP contribution < -0.4 is 9.80 Å². The molecule has 0 N–H and O–H groups in total. The van der Waals surface area contributed by atoms with Gasteiger partial charge in [-0.15, -0.1) is 0 Å². The summed E-state index contributed by atoms with van der Waals surface area (Å²) >= 11 is 6.15. The molecule has 5 nitrogen and oxygen atoms in total. The van der Waals surface area contributed by atoms with E-state index < -0.39 is 0 Å². The molecule has 0 spiro atoms. The van der Waals surface area contributed by atoms with E-state index in [4.69, 9.17) is 11.6 Å². The minimum atomic E-state index is -0.201. The van der Waals surface area contributed by atoms with Crippen LogP contribution in [0.3, 0.4) is 0 Å². The molecule has 1 aliphatic carbocycles. The molecule has 1 saturated heterocycles. The molecule has 2 fully saturated rings. The maximum atomic E-state index is 13.6. The molecule has 2 aliphatic heterocycles. The summed E-state index contributed by atoms with van der Waals surface area (Å²) in [5.74, 6) is -0.0815. The fraction of sp³-hybridized carbons (Fsp3) is 0.462. The summed E-state index contributed by atoms with van der Waals surface area (Å²) < 4.78 is 0. The zero-order chi connectivity index (χ0) is 22.1. The standard InChI is InChI=1S/C26H30ClN3O2/c27-20-7-5-8-21(18-20)28-14-16-29(17-15-28)25(31)22-9-2-3-10-23(22)26(32)30-13-12-19-6-1-4-11-24(19)30/h1,4-8,11,18,22-23H,2-3,9-10,12-17H2/t22-,23-/m0/s1. The number of fused-ring (bicyclic) bond motifs is 1. The number of halogens is 1. The Kier molecular flexibility index (Phi) is 6.09. The van der Waals surface area contributed by atoms with Gasteiger partial charge in [0.15, 0.2) is 0 Å². The Morgan fingerprint density at radius 1 is 0.812 bits per heavy atom. The molecule has 6 heteroatoms. The van der Waals surface area contributed by atoms with E-state index in [0.717, 1.165) is 68.1 Å². The van der Waals surface area contributed by atoms with Crippen molar-refractivity contribution < 1.29 is 9.59 Å². The predicted octanol–water partition coefficient (Wildman–Crippen LogP) is 4.38. The molecule has 0 aromatic heterocycles. The predicted molar refractivity (Wildman–Crippen MR) is 128 cm³/mol. The number of amides is 2. The lowest BCUT2D eigenvalue weighted by Crippen LogP contribution is -2.53. The van der Waals surface area contributed by atoms with Gasteiger partial charge in [-0.3, -0.25) is 9.59 Å². The summed E-state index contributed by atoms with van der Waals surface area (Å²) in [7, 11) is 0. The van der Waals surface area contributed by atoms with Gasteiger partial charge in [-0.1, -0.05) is 48.7 Å². The molecule has 2 heterocycles. The lowest BCUT2D eigenvalue weighted by atomic mass is 9.77. The third-order valence-corrected chi connectivity index (χ3v) is 7.55. The van der Waals surface area contributed by atoms with E-state index in [0.29, 0.717) is 13.1 Å². The van der Waals surface area contributed by atoms with Gasteiger partial charge >= 0.3 is 0 Å². The molecule has 2 atom stereocenters. The molecule has 1 saturated carbocycles. The van der Waals surface area contributed by atoms with E-state index >= 15 is 0 Å². The van der Waals surface area contributed by atoms with Gasteiger partial charge in [0.25, 0.3) is 0 Å². The van der Waals surface area contributed by atoms with E-state index in [1.807, 2.05) is 46.2 Å². The highest BCUT2D eigenvalue weighted by Crippen LogP contribution is 2.37. The summed E-state index contributed by atoms with van der Waals surface area (Å²) in [5, 5.41) is 0.730. The first-order valence-corrected chi connectivity index (χ1v) is 12.2. The number of anilines is 2. The van der Waals surface area contributed by atoms with Gasteiger partial charge in [0, 0.05) is 55.0 Å². The van der Waals surface area contributed by atoms with Crippen LogP contribution in [0.25, 0.3) is 0 Å². The minimum absolute atomic E-state index is 0.144. The molecule has 3 aliphatic rings. The summed E-state index contributed by atoms with van der Waals surface area (Å²) in [5.41, 5.74) is 3.36. The van der Waals surface area contributed by atoms with Crippen molar-refractivity contribution in [3.05, 3.63) is 59.1 Å². The van der Waals surface area contributed by atoms with Crippen LogP contribution in [0.2, 0.25) is 5.02 Å². The number of nitrogens with zero attached hydrogens (tertiary/aromatic N) is 3. The third-order valence-electron chi connectivity index (χ3n) is 7.32. The van der Waals surface area contributed by atoms with Gasteiger partial charge in [0.2, 0.25) is 11.8 Å². The molecule has 0 bridgehead atoms. The number of carbonyl (C=O) groups is 2. The monoisotopic (exact) mass is 451 g/mol. The lowest BCUT2D eigenvalue weighted by Gasteiger charge is -2.40. The molecule has 0 radical (unpaired) electrons. The molecule has 32 heavy (non-hydrogen) atoms. The van der Waals surface area contributed by atoms with Gasteiger partial charge in [-0.05, 0) is 49.1 Å². The Morgan fingerprint density at radius 2 is 1.53 bits per heavy atom. The SMILES string of the molecule is O=C([C@H]1CCCC[C@@H]1C(=O)N1CCc2ccccc21)N1CCN(c2cccc(Cl)c2)CC1. The van der Waals surface area contributed by atoms with Crippen molar-refractivity contribution in [1.29, 1.82) is 0 Å². The van der Waals surface area contributed by atoms with Gasteiger partial charge in [-0.2, -0.15) is 0 Å². The minimum Gasteiger partial charge on any atom is -0.368 e. The number of benzene rings is 2. The van der Waals surface area contributed by atoms with Gasteiger partial charge in [0.1, 0.15) is 0 Å². The fourth-order valence-electron chi connectivity index (χ4n) is 5.58. The molecule has 2 aromatic rings. The second-order valence-corrected chi connectivity index (χ2v) is 9.59. The molecular formula is C26H30ClN3O2. The van der Waals surface area contributed by atoms with Gasteiger partial charge < -0.3 is 14.7 Å². The Hall–Kier alpha value is -2.53. The number of carbonyl (C=O) groups excluding carboxylic acids is 2. The maximum absolute atomic E-state index is 13.6. The van der Waals surface area contributed by atoms with Gasteiger partial charge in [0.05, 0.1) is 5.92 Å². The fourth-order valence-corrected chi connectivity index (χ4v) is 5.77. The first-order chi connectivity index (χ1) is 15.6. The molecule has 168 valence electrons.